The van der Waals surface area contributed by atoms with Crippen LogP contribution in [-0.4, -0.2) is 18.7 Å². The average molecular weight is 375 g/mol. The van der Waals surface area contributed by atoms with Crippen molar-refractivity contribution in [1.29, 1.82) is 0 Å². The van der Waals surface area contributed by atoms with Crippen LogP contribution in [-0.2, 0) is 9.53 Å². The van der Waals surface area contributed by atoms with Crippen LogP contribution in [0, 0.1) is 0 Å². The Hall–Kier alpha value is -1.77. The first kappa shape index (κ1) is 23.3. The van der Waals surface area contributed by atoms with E-state index in [4.69, 9.17) is 9.47 Å². The lowest BCUT2D eigenvalue weighted by molar-refractivity contribution is -0.141. The molecule has 0 aliphatic rings. The van der Waals surface area contributed by atoms with Crippen molar-refractivity contribution in [1.82, 2.24) is 0 Å². The first-order chi connectivity index (χ1) is 13.1. The fraction of sp³-hybridized carbons (Fsp3) is 0.625. The maximum atomic E-state index is 11.6. The Morgan fingerprint density at radius 1 is 0.963 bits per heavy atom. The summed E-state index contributed by atoms with van der Waals surface area (Å²) >= 11 is 0. The van der Waals surface area contributed by atoms with Crippen molar-refractivity contribution in [3.05, 3.63) is 35.9 Å². The zero-order valence-corrected chi connectivity index (χ0v) is 17.5. The van der Waals surface area contributed by atoms with Gasteiger partial charge in [0, 0.05) is 6.08 Å². The van der Waals surface area contributed by atoms with Crippen LogP contribution in [0.2, 0.25) is 0 Å². The molecular formula is C24H38O3. The zero-order chi connectivity index (χ0) is 19.7. The average Bonchev–Trinajstić information content (AvgIpc) is 2.64. The molecule has 1 aromatic carbocycles. The highest BCUT2D eigenvalue weighted by Gasteiger charge is 2.01. The summed E-state index contributed by atoms with van der Waals surface area (Å²) in [6, 6.07) is 7.81. The molecule has 0 atom stereocenters. The second-order valence-electron chi connectivity index (χ2n) is 7.42. The molecule has 0 unspecified atom stereocenters. The Kier molecular flexibility index (Phi) is 13.2. The Labute approximate surface area is 166 Å². The molecule has 152 valence electrons. The molecule has 0 aromatic heterocycles. The van der Waals surface area contributed by atoms with Crippen LogP contribution in [0.4, 0.5) is 0 Å². The quantitative estimate of drug-likeness (QED) is 0.189. The minimum atomic E-state index is -0.318. The van der Waals surface area contributed by atoms with E-state index in [1.807, 2.05) is 38.1 Å². The number of esters is 1. The van der Waals surface area contributed by atoms with Crippen molar-refractivity contribution in [3.63, 3.8) is 0 Å². The highest BCUT2D eigenvalue weighted by molar-refractivity contribution is 5.87. The van der Waals surface area contributed by atoms with Crippen LogP contribution in [0.1, 0.15) is 90.5 Å². The van der Waals surface area contributed by atoms with Crippen molar-refractivity contribution in [3.8, 4) is 5.75 Å². The second kappa shape index (κ2) is 15.3. The SMILES string of the molecule is CCCCCCCCCCCCOc1cccc(C=CC(=O)OC(C)C)c1. The summed E-state index contributed by atoms with van der Waals surface area (Å²) in [5.41, 5.74) is 0.941. The van der Waals surface area contributed by atoms with E-state index in [1.165, 1.54) is 63.9 Å². The summed E-state index contributed by atoms with van der Waals surface area (Å²) in [6.45, 7) is 6.69. The van der Waals surface area contributed by atoms with E-state index in [0.29, 0.717) is 0 Å². The van der Waals surface area contributed by atoms with Gasteiger partial charge in [0.2, 0.25) is 0 Å². The number of unbranched alkanes of at least 4 members (excludes halogenated alkanes) is 9. The number of ether oxygens (including phenoxy) is 2. The normalized spacial score (nSPS) is 11.3. The van der Waals surface area contributed by atoms with Gasteiger partial charge in [-0.15, -0.1) is 0 Å². The Bertz CT molecular complexity index is 534. The predicted octanol–water partition coefficient (Wildman–Crippen LogP) is 6.95. The Morgan fingerprint density at radius 2 is 1.59 bits per heavy atom. The second-order valence-corrected chi connectivity index (χ2v) is 7.42. The van der Waals surface area contributed by atoms with Gasteiger partial charge in [-0.2, -0.15) is 0 Å². The summed E-state index contributed by atoms with van der Waals surface area (Å²) in [5.74, 6) is 0.534. The van der Waals surface area contributed by atoms with Crippen molar-refractivity contribution in [2.24, 2.45) is 0 Å². The molecule has 0 saturated heterocycles. The van der Waals surface area contributed by atoms with Gasteiger partial charge in [0.1, 0.15) is 5.75 Å². The van der Waals surface area contributed by atoms with Gasteiger partial charge in [-0.05, 0) is 44.0 Å². The minimum Gasteiger partial charge on any atom is -0.494 e. The van der Waals surface area contributed by atoms with Gasteiger partial charge >= 0.3 is 5.97 Å². The monoisotopic (exact) mass is 374 g/mol. The third-order valence-electron chi connectivity index (χ3n) is 4.39. The minimum absolute atomic E-state index is 0.0992. The molecule has 0 radical (unpaired) electrons. The fourth-order valence-corrected chi connectivity index (χ4v) is 2.92. The van der Waals surface area contributed by atoms with Crippen LogP contribution in [0.25, 0.3) is 6.08 Å². The van der Waals surface area contributed by atoms with Gasteiger partial charge in [-0.1, -0.05) is 76.8 Å². The van der Waals surface area contributed by atoms with Gasteiger partial charge in [-0.3, -0.25) is 0 Å². The topological polar surface area (TPSA) is 35.5 Å². The standard InChI is InChI=1S/C24H38O3/c1-4-5-6-7-8-9-10-11-12-13-19-26-23-16-14-15-22(20-23)17-18-24(25)27-21(2)3/h14-18,20-21H,4-13,19H2,1-3H3. The molecule has 0 fully saturated rings. The first-order valence-corrected chi connectivity index (χ1v) is 10.7. The number of hydrogen-bond donors (Lipinski definition) is 0. The Balaban J connectivity index is 2.13. The maximum Gasteiger partial charge on any atom is 0.331 e. The summed E-state index contributed by atoms with van der Waals surface area (Å²) in [6.07, 6.45) is 16.4. The molecule has 0 aliphatic heterocycles. The molecule has 0 heterocycles. The van der Waals surface area contributed by atoms with Crippen molar-refractivity contribution in [2.45, 2.75) is 91.1 Å². The smallest absolute Gasteiger partial charge is 0.331 e. The molecule has 0 saturated carbocycles. The highest BCUT2D eigenvalue weighted by Crippen LogP contribution is 2.16. The van der Waals surface area contributed by atoms with E-state index in [2.05, 4.69) is 6.92 Å². The van der Waals surface area contributed by atoms with E-state index in [9.17, 15) is 4.79 Å². The van der Waals surface area contributed by atoms with E-state index >= 15 is 0 Å². The molecule has 0 N–H and O–H groups in total. The van der Waals surface area contributed by atoms with E-state index < -0.39 is 0 Å². The third kappa shape index (κ3) is 13.1. The summed E-state index contributed by atoms with van der Waals surface area (Å²) in [7, 11) is 0. The fourth-order valence-electron chi connectivity index (χ4n) is 2.92. The molecule has 0 amide bonds. The van der Waals surface area contributed by atoms with E-state index in [-0.39, 0.29) is 12.1 Å². The molecule has 0 bridgehead atoms. The van der Waals surface area contributed by atoms with Crippen molar-refractivity contribution in [2.75, 3.05) is 6.61 Å². The van der Waals surface area contributed by atoms with Crippen LogP contribution < -0.4 is 4.74 Å². The highest BCUT2D eigenvalue weighted by atomic mass is 16.5. The molecule has 3 heteroatoms. The van der Waals surface area contributed by atoms with Gasteiger partial charge in [-0.25, -0.2) is 4.79 Å². The first-order valence-electron chi connectivity index (χ1n) is 10.7. The van der Waals surface area contributed by atoms with Crippen LogP contribution >= 0.6 is 0 Å². The van der Waals surface area contributed by atoms with Gasteiger partial charge in [0.05, 0.1) is 12.7 Å². The van der Waals surface area contributed by atoms with Crippen LogP contribution in [0.3, 0.4) is 0 Å². The maximum absolute atomic E-state index is 11.6. The molecule has 0 aliphatic carbocycles. The molecule has 1 aromatic rings. The molecule has 3 nitrogen and oxygen atoms in total. The van der Waals surface area contributed by atoms with Gasteiger partial charge in [0.15, 0.2) is 0 Å². The molecular weight excluding hydrogens is 336 g/mol. The summed E-state index contributed by atoms with van der Waals surface area (Å²) in [4.78, 5) is 11.6. The zero-order valence-electron chi connectivity index (χ0n) is 17.5. The summed E-state index contributed by atoms with van der Waals surface area (Å²) < 4.78 is 10.9. The summed E-state index contributed by atoms with van der Waals surface area (Å²) in [5, 5.41) is 0. The molecule has 0 spiro atoms. The molecule has 27 heavy (non-hydrogen) atoms. The largest absolute Gasteiger partial charge is 0.494 e. The number of benzene rings is 1. The number of carbonyl (C=O) groups excluding carboxylic acids is 1. The third-order valence-corrected chi connectivity index (χ3v) is 4.39. The van der Waals surface area contributed by atoms with Gasteiger partial charge < -0.3 is 9.47 Å². The lowest BCUT2D eigenvalue weighted by Gasteiger charge is -2.07. The number of rotatable bonds is 15. The van der Waals surface area contributed by atoms with Crippen molar-refractivity contribution >= 4 is 12.0 Å². The van der Waals surface area contributed by atoms with Crippen LogP contribution in [0.5, 0.6) is 5.75 Å². The lowest BCUT2D eigenvalue weighted by Crippen LogP contribution is -2.08. The van der Waals surface area contributed by atoms with Crippen molar-refractivity contribution < 1.29 is 14.3 Å². The Morgan fingerprint density at radius 3 is 2.22 bits per heavy atom. The lowest BCUT2D eigenvalue weighted by atomic mass is 10.1. The van der Waals surface area contributed by atoms with E-state index in [1.54, 1.807) is 6.08 Å². The molecule has 1 rings (SSSR count). The number of carbonyl (C=O) groups is 1. The van der Waals surface area contributed by atoms with E-state index in [0.717, 1.165) is 24.3 Å². The predicted molar refractivity (Wildman–Crippen MR) is 114 cm³/mol. The van der Waals surface area contributed by atoms with Gasteiger partial charge in [0.25, 0.3) is 0 Å². The number of hydrogen-bond acceptors (Lipinski definition) is 3. The van der Waals surface area contributed by atoms with Crippen LogP contribution in [0.15, 0.2) is 30.3 Å².